The van der Waals surface area contributed by atoms with E-state index in [2.05, 4.69) is 5.32 Å². The van der Waals surface area contributed by atoms with Gasteiger partial charge in [0.1, 0.15) is 0 Å². The van der Waals surface area contributed by atoms with Crippen molar-refractivity contribution in [2.75, 3.05) is 17.7 Å². The lowest BCUT2D eigenvalue weighted by Crippen LogP contribution is -2.34. The van der Waals surface area contributed by atoms with Crippen molar-refractivity contribution < 1.29 is 4.79 Å². The third-order valence-electron chi connectivity index (χ3n) is 2.41. The Morgan fingerprint density at radius 1 is 1.56 bits per heavy atom. The average Bonchev–Trinajstić information content (AvgIpc) is 2.22. The van der Waals surface area contributed by atoms with Crippen LogP contribution >= 0.6 is 11.8 Å². The molecule has 0 aromatic heterocycles. The van der Waals surface area contributed by atoms with Crippen LogP contribution in [0.1, 0.15) is 22.8 Å². The van der Waals surface area contributed by atoms with Gasteiger partial charge in [-0.05, 0) is 37.8 Å². The second-order valence-corrected chi connectivity index (χ2v) is 4.76. The van der Waals surface area contributed by atoms with E-state index in [-0.39, 0.29) is 11.9 Å². The van der Waals surface area contributed by atoms with Crippen LogP contribution in [0.15, 0.2) is 18.2 Å². The SMILES string of the molecule is CSCC(C)NC(=O)c1cccc(N)c1C. The van der Waals surface area contributed by atoms with Gasteiger partial charge in [-0.25, -0.2) is 0 Å². The molecule has 0 aliphatic carbocycles. The molecule has 1 rings (SSSR count). The lowest BCUT2D eigenvalue weighted by molar-refractivity contribution is 0.0943. The van der Waals surface area contributed by atoms with Gasteiger partial charge in [0.25, 0.3) is 5.91 Å². The highest BCUT2D eigenvalue weighted by molar-refractivity contribution is 7.98. The van der Waals surface area contributed by atoms with E-state index in [9.17, 15) is 4.79 Å². The fraction of sp³-hybridized carbons (Fsp3) is 0.417. The van der Waals surface area contributed by atoms with Gasteiger partial charge in [-0.2, -0.15) is 11.8 Å². The second-order valence-electron chi connectivity index (χ2n) is 3.85. The Kier molecular flexibility index (Phi) is 4.68. The third kappa shape index (κ3) is 3.17. The van der Waals surface area contributed by atoms with E-state index < -0.39 is 0 Å². The number of nitrogens with one attached hydrogen (secondary N) is 1. The fourth-order valence-electron chi connectivity index (χ4n) is 1.49. The topological polar surface area (TPSA) is 55.1 Å². The number of thioether (sulfide) groups is 1. The van der Waals surface area contributed by atoms with Crippen molar-refractivity contribution in [1.82, 2.24) is 5.32 Å². The molecular weight excluding hydrogens is 220 g/mol. The molecule has 3 nitrogen and oxygen atoms in total. The van der Waals surface area contributed by atoms with Crippen LogP contribution < -0.4 is 11.1 Å². The van der Waals surface area contributed by atoms with E-state index in [4.69, 9.17) is 5.73 Å². The van der Waals surface area contributed by atoms with E-state index in [1.807, 2.05) is 20.1 Å². The first-order valence-electron chi connectivity index (χ1n) is 5.21. The zero-order chi connectivity index (χ0) is 12.1. The first-order chi connectivity index (χ1) is 7.56. The minimum absolute atomic E-state index is 0.0497. The van der Waals surface area contributed by atoms with Gasteiger partial charge < -0.3 is 11.1 Å². The minimum Gasteiger partial charge on any atom is -0.398 e. The van der Waals surface area contributed by atoms with Gasteiger partial charge in [-0.1, -0.05) is 6.07 Å². The molecule has 0 bridgehead atoms. The van der Waals surface area contributed by atoms with Crippen LogP contribution in [0.2, 0.25) is 0 Å². The molecule has 16 heavy (non-hydrogen) atoms. The lowest BCUT2D eigenvalue weighted by Gasteiger charge is -2.14. The standard InChI is InChI=1S/C12H18N2OS/c1-8(7-16-3)14-12(15)10-5-4-6-11(13)9(10)2/h4-6,8H,7,13H2,1-3H3,(H,14,15). The number of carbonyl (C=O) groups is 1. The zero-order valence-electron chi connectivity index (χ0n) is 9.91. The number of hydrogen-bond donors (Lipinski definition) is 2. The normalized spacial score (nSPS) is 12.2. The Labute approximate surface area is 101 Å². The highest BCUT2D eigenvalue weighted by atomic mass is 32.2. The molecule has 1 aromatic rings. The van der Waals surface area contributed by atoms with Crippen LogP contribution in [-0.2, 0) is 0 Å². The maximum atomic E-state index is 11.9. The largest absolute Gasteiger partial charge is 0.398 e. The average molecular weight is 238 g/mol. The van der Waals surface area contributed by atoms with Crippen molar-refractivity contribution in [3.63, 3.8) is 0 Å². The predicted molar refractivity (Wildman–Crippen MR) is 70.9 cm³/mol. The number of amides is 1. The van der Waals surface area contributed by atoms with Crippen LogP contribution in [0.4, 0.5) is 5.69 Å². The monoisotopic (exact) mass is 238 g/mol. The van der Waals surface area contributed by atoms with Gasteiger partial charge in [0.15, 0.2) is 0 Å². The zero-order valence-corrected chi connectivity index (χ0v) is 10.7. The van der Waals surface area contributed by atoms with E-state index in [1.54, 1.807) is 30.0 Å². The van der Waals surface area contributed by atoms with Crippen molar-refractivity contribution in [3.05, 3.63) is 29.3 Å². The van der Waals surface area contributed by atoms with Crippen LogP contribution in [-0.4, -0.2) is 24.0 Å². The second kappa shape index (κ2) is 5.80. The number of anilines is 1. The maximum Gasteiger partial charge on any atom is 0.251 e. The summed E-state index contributed by atoms with van der Waals surface area (Å²) in [4.78, 5) is 11.9. The Hall–Kier alpha value is -1.16. The number of carbonyl (C=O) groups excluding carboxylic acids is 1. The molecule has 1 unspecified atom stereocenters. The predicted octanol–water partition coefficient (Wildman–Crippen LogP) is 2.06. The molecule has 1 aromatic carbocycles. The van der Waals surface area contributed by atoms with Crippen molar-refractivity contribution in [3.8, 4) is 0 Å². The number of hydrogen-bond acceptors (Lipinski definition) is 3. The summed E-state index contributed by atoms with van der Waals surface area (Å²) in [6, 6.07) is 5.57. The van der Waals surface area contributed by atoms with E-state index >= 15 is 0 Å². The van der Waals surface area contributed by atoms with Gasteiger partial charge in [0, 0.05) is 23.0 Å². The van der Waals surface area contributed by atoms with Crippen molar-refractivity contribution in [2.24, 2.45) is 0 Å². The molecule has 1 atom stereocenters. The summed E-state index contributed by atoms with van der Waals surface area (Å²) < 4.78 is 0. The van der Waals surface area contributed by atoms with Gasteiger partial charge in [0.2, 0.25) is 0 Å². The highest BCUT2D eigenvalue weighted by Crippen LogP contribution is 2.15. The first-order valence-corrected chi connectivity index (χ1v) is 6.60. The lowest BCUT2D eigenvalue weighted by atomic mass is 10.1. The van der Waals surface area contributed by atoms with E-state index in [0.717, 1.165) is 11.3 Å². The van der Waals surface area contributed by atoms with Crippen molar-refractivity contribution >= 4 is 23.4 Å². The van der Waals surface area contributed by atoms with Crippen LogP contribution in [0.25, 0.3) is 0 Å². The minimum atomic E-state index is -0.0497. The number of nitrogens with two attached hydrogens (primary N) is 1. The molecule has 0 fully saturated rings. The van der Waals surface area contributed by atoms with Crippen LogP contribution in [0, 0.1) is 6.92 Å². The molecule has 0 saturated carbocycles. The van der Waals surface area contributed by atoms with Crippen LogP contribution in [0.3, 0.4) is 0 Å². The molecule has 0 heterocycles. The fourth-order valence-corrected chi connectivity index (χ4v) is 2.08. The van der Waals surface area contributed by atoms with Crippen molar-refractivity contribution in [1.29, 1.82) is 0 Å². The summed E-state index contributed by atoms with van der Waals surface area (Å²) in [6.07, 6.45) is 2.02. The number of nitrogen functional groups attached to an aromatic ring is 1. The van der Waals surface area contributed by atoms with Gasteiger partial charge in [-0.3, -0.25) is 4.79 Å². The third-order valence-corrected chi connectivity index (χ3v) is 3.25. The molecule has 0 aliphatic heterocycles. The van der Waals surface area contributed by atoms with Gasteiger partial charge in [-0.15, -0.1) is 0 Å². The Morgan fingerprint density at radius 2 is 2.25 bits per heavy atom. The Bertz CT molecular complexity index is 379. The Morgan fingerprint density at radius 3 is 2.88 bits per heavy atom. The van der Waals surface area contributed by atoms with Gasteiger partial charge in [0.05, 0.1) is 0 Å². The summed E-state index contributed by atoms with van der Waals surface area (Å²) in [6.45, 7) is 3.86. The highest BCUT2D eigenvalue weighted by Gasteiger charge is 2.12. The molecular formula is C12H18N2OS. The summed E-state index contributed by atoms with van der Waals surface area (Å²) in [7, 11) is 0. The summed E-state index contributed by atoms with van der Waals surface area (Å²) in [5.41, 5.74) is 7.93. The molecule has 0 spiro atoms. The summed E-state index contributed by atoms with van der Waals surface area (Å²) in [5.74, 6) is 0.860. The quantitative estimate of drug-likeness (QED) is 0.789. The molecule has 0 aliphatic rings. The summed E-state index contributed by atoms with van der Waals surface area (Å²) >= 11 is 1.71. The molecule has 88 valence electrons. The molecule has 3 N–H and O–H groups in total. The van der Waals surface area contributed by atoms with Crippen molar-refractivity contribution in [2.45, 2.75) is 19.9 Å². The Balaban J connectivity index is 2.77. The van der Waals surface area contributed by atoms with E-state index in [0.29, 0.717) is 11.3 Å². The molecule has 0 radical (unpaired) electrons. The smallest absolute Gasteiger partial charge is 0.251 e. The molecule has 1 amide bonds. The first kappa shape index (κ1) is 12.9. The number of rotatable bonds is 4. The molecule has 0 saturated heterocycles. The summed E-state index contributed by atoms with van der Waals surface area (Å²) in [5, 5.41) is 2.95. The molecule has 4 heteroatoms. The van der Waals surface area contributed by atoms with Gasteiger partial charge >= 0.3 is 0 Å². The number of benzene rings is 1. The maximum absolute atomic E-state index is 11.9. The van der Waals surface area contributed by atoms with E-state index in [1.165, 1.54) is 0 Å². The van der Waals surface area contributed by atoms with Crippen LogP contribution in [0.5, 0.6) is 0 Å².